The van der Waals surface area contributed by atoms with Gasteiger partial charge in [0.1, 0.15) is 12.3 Å². The van der Waals surface area contributed by atoms with Crippen molar-refractivity contribution in [3.63, 3.8) is 0 Å². The maximum Gasteiger partial charge on any atom is 0.322 e. The zero-order valence-electron chi connectivity index (χ0n) is 16.1. The van der Waals surface area contributed by atoms with E-state index in [4.69, 9.17) is 9.84 Å². The van der Waals surface area contributed by atoms with Crippen LogP contribution in [0.4, 0.5) is 16.2 Å². The van der Waals surface area contributed by atoms with Crippen LogP contribution in [0.3, 0.4) is 0 Å². The van der Waals surface area contributed by atoms with E-state index in [0.29, 0.717) is 11.4 Å². The summed E-state index contributed by atoms with van der Waals surface area (Å²) in [4.78, 5) is 48.3. The molecule has 0 saturated carbocycles. The normalized spacial score (nSPS) is 15.4. The summed E-state index contributed by atoms with van der Waals surface area (Å²) >= 11 is 0. The molecule has 29 heavy (non-hydrogen) atoms. The Balaban J connectivity index is 1.84. The first kappa shape index (κ1) is 20.2. The Bertz CT molecular complexity index is 924. The lowest BCUT2D eigenvalue weighted by Gasteiger charge is -2.35. The Morgan fingerprint density at radius 3 is 2.59 bits per heavy atom. The fraction of sp³-hybridized carbons (Fsp3) is 0.368. The predicted molar refractivity (Wildman–Crippen MR) is 103 cm³/mol. The van der Waals surface area contributed by atoms with Gasteiger partial charge in [-0.3, -0.25) is 19.7 Å². The van der Waals surface area contributed by atoms with Crippen LogP contribution in [0.1, 0.15) is 24.0 Å². The second kappa shape index (κ2) is 8.21. The van der Waals surface area contributed by atoms with Gasteiger partial charge < -0.3 is 25.4 Å². The van der Waals surface area contributed by atoms with Crippen molar-refractivity contribution in [1.82, 2.24) is 10.6 Å². The fourth-order valence-electron chi connectivity index (χ4n) is 3.14. The van der Waals surface area contributed by atoms with Crippen molar-refractivity contribution >= 4 is 35.3 Å². The molecule has 154 valence electrons. The van der Waals surface area contributed by atoms with Crippen LogP contribution in [-0.2, 0) is 19.1 Å². The molecule has 3 amide bonds. The maximum absolute atomic E-state index is 12.4. The smallest absolute Gasteiger partial charge is 0.322 e. The molecule has 0 fully saturated rings. The van der Waals surface area contributed by atoms with E-state index in [-0.39, 0.29) is 38.2 Å². The van der Waals surface area contributed by atoms with Gasteiger partial charge >= 0.3 is 18.0 Å². The first-order valence-electron chi connectivity index (χ1n) is 9.12. The molecule has 2 aliphatic rings. The average molecular weight is 402 g/mol. The lowest BCUT2D eigenvalue weighted by Crippen LogP contribution is -2.38. The molecule has 0 aromatic heterocycles. The second-order valence-corrected chi connectivity index (χ2v) is 6.80. The summed E-state index contributed by atoms with van der Waals surface area (Å²) in [6.45, 7) is 4.26. The summed E-state index contributed by atoms with van der Waals surface area (Å²) in [5.74, 6) is -2.23. The summed E-state index contributed by atoms with van der Waals surface area (Å²) in [7, 11) is 0. The van der Waals surface area contributed by atoms with E-state index in [2.05, 4.69) is 16.0 Å². The van der Waals surface area contributed by atoms with Gasteiger partial charge in [0, 0.05) is 0 Å². The molecule has 0 bridgehead atoms. The highest BCUT2D eigenvalue weighted by Gasteiger charge is 2.32. The molecular weight excluding hydrogens is 380 g/mol. The third-order valence-corrected chi connectivity index (χ3v) is 4.77. The molecular formula is C19H22N4O6. The molecule has 0 radical (unpaired) electrons. The minimum atomic E-state index is -1.07. The Hall–Kier alpha value is -3.56. The molecule has 0 aliphatic carbocycles. The van der Waals surface area contributed by atoms with Gasteiger partial charge in [-0.05, 0) is 37.1 Å². The van der Waals surface area contributed by atoms with Crippen molar-refractivity contribution in [1.29, 1.82) is 0 Å². The minimum Gasteiger partial charge on any atom is -0.481 e. The van der Waals surface area contributed by atoms with E-state index in [1.54, 1.807) is 0 Å². The van der Waals surface area contributed by atoms with Crippen molar-refractivity contribution in [2.75, 3.05) is 29.9 Å². The van der Waals surface area contributed by atoms with E-state index in [9.17, 15) is 19.2 Å². The standard InChI is InChI=1S/C19H22N4O6/c1-10-7-12-13(8-11(10)2)23(5-6-29-16(26)4-3-15(24)25)14-9-20-19(28)22-18(27)17(14)21-12/h7-8,21H,3-6,9H2,1-2H3,(H,24,25)(H2,20,22,27,28). The molecule has 2 heterocycles. The van der Waals surface area contributed by atoms with Gasteiger partial charge in [-0.2, -0.15) is 0 Å². The number of anilines is 2. The third-order valence-electron chi connectivity index (χ3n) is 4.77. The number of imide groups is 1. The highest BCUT2D eigenvalue weighted by Crippen LogP contribution is 2.37. The van der Waals surface area contributed by atoms with Crippen LogP contribution in [0, 0.1) is 13.8 Å². The number of benzene rings is 1. The number of rotatable bonds is 6. The zero-order chi connectivity index (χ0) is 21.1. The van der Waals surface area contributed by atoms with Crippen LogP contribution >= 0.6 is 0 Å². The highest BCUT2D eigenvalue weighted by atomic mass is 16.5. The number of nitrogens with zero attached hydrogens (tertiary/aromatic N) is 1. The van der Waals surface area contributed by atoms with Crippen molar-refractivity contribution in [3.8, 4) is 0 Å². The molecule has 0 saturated heterocycles. The van der Waals surface area contributed by atoms with E-state index >= 15 is 0 Å². The van der Waals surface area contributed by atoms with Crippen molar-refractivity contribution in [3.05, 3.63) is 34.7 Å². The number of hydrogen-bond acceptors (Lipinski definition) is 7. The maximum atomic E-state index is 12.4. The van der Waals surface area contributed by atoms with Gasteiger partial charge in [0.05, 0.1) is 43.0 Å². The topological polar surface area (TPSA) is 137 Å². The first-order chi connectivity index (χ1) is 13.8. The van der Waals surface area contributed by atoms with Crippen LogP contribution in [0.25, 0.3) is 0 Å². The number of ether oxygens (including phenoxy) is 1. The quantitative estimate of drug-likeness (QED) is 0.517. The van der Waals surface area contributed by atoms with Crippen molar-refractivity contribution < 1.29 is 29.0 Å². The number of esters is 1. The van der Waals surface area contributed by atoms with Gasteiger partial charge in [-0.1, -0.05) is 0 Å². The molecule has 10 heteroatoms. The number of fused-ring (bicyclic) bond motifs is 1. The molecule has 3 rings (SSSR count). The number of amides is 3. The lowest BCUT2D eigenvalue weighted by molar-refractivity contribution is -0.147. The first-order valence-corrected chi connectivity index (χ1v) is 9.12. The summed E-state index contributed by atoms with van der Waals surface area (Å²) < 4.78 is 5.15. The molecule has 4 N–H and O–H groups in total. The Kier molecular flexibility index (Phi) is 5.71. The summed E-state index contributed by atoms with van der Waals surface area (Å²) in [6, 6.07) is 3.27. The SMILES string of the molecule is Cc1cc2c(cc1C)N(CCOC(=O)CCC(=O)O)C1=C(N2)C(=O)NC(=O)NC1. The summed E-state index contributed by atoms with van der Waals surface area (Å²) in [5, 5.41) is 16.6. The average Bonchev–Trinajstić information content (AvgIpc) is 2.79. The largest absolute Gasteiger partial charge is 0.481 e. The summed E-state index contributed by atoms with van der Waals surface area (Å²) in [5.41, 5.74) is 4.36. The third kappa shape index (κ3) is 4.48. The number of nitrogens with one attached hydrogen (secondary N) is 3. The molecule has 1 aromatic rings. The van der Waals surface area contributed by atoms with Crippen LogP contribution in [-0.4, -0.2) is 48.7 Å². The van der Waals surface area contributed by atoms with E-state index in [1.807, 2.05) is 30.9 Å². The highest BCUT2D eigenvalue weighted by molar-refractivity contribution is 6.09. The Morgan fingerprint density at radius 1 is 1.14 bits per heavy atom. The minimum absolute atomic E-state index is 0.00282. The van der Waals surface area contributed by atoms with E-state index in [1.165, 1.54) is 0 Å². The predicted octanol–water partition coefficient (Wildman–Crippen LogP) is 0.994. The molecule has 1 aromatic carbocycles. The molecule has 0 atom stereocenters. The van der Waals surface area contributed by atoms with Crippen molar-refractivity contribution in [2.24, 2.45) is 0 Å². The van der Waals surface area contributed by atoms with Gasteiger partial charge in [0.2, 0.25) is 0 Å². The number of carbonyl (C=O) groups excluding carboxylic acids is 3. The summed E-state index contributed by atoms with van der Waals surface area (Å²) in [6.07, 6.45) is -0.506. The zero-order valence-corrected chi connectivity index (χ0v) is 16.1. The molecule has 0 spiro atoms. The molecule has 0 unspecified atom stereocenters. The number of carboxylic acids is 1. The number of urea groups is 1. The molecule has 2 aliphatic heterocycles. The van der Waals surface area contributed by atoms with Crippen molar-refractivity contribution in [2.45, 2.75) is 26.7 Å². The molecule has 10 nitrogen and oxygen atoms in total. The second-order valence-electron chi connectivity index (χ2n) is 6.80. The van der Waals surface area contributed by atoms with Crippen LogP contribution < -0.4 is 20.9 Å². The van der Waals surface area contributed by atoms with Gasteiger partial charge in [-0.15, -0.1) is 0 Å². The fourth-order valence-corrected chi connectivity index (χ4v) is 3.14. The number of carboxylic acid groups (broad SMARTS) is 1. The monoisotopic (exact) mass is 402 g/mol. The van der Waals surface area contributed by atoms with Gasteiger partial charge in [0.15, 0.2) is 0 Å². The van der Waals surface area contributed by atoms with Crippen LogP contribution in [0.5, 0.6) is 0 Å². The number of hydrogen-bond donors (Lipinski definition) is 4. The van der Waals surface area contributed by atoms with Gasteiger partial charge in [0.25, 0.3) is 5.91 Å². The Labute approximate surface area is 166 Å². The number of aryl methyl sites for hydroxylation is 2. The van der Waals surface area contributed by atoms with E-state index in [0.717, 1.165) is 16.8 Å². The Morgan fingerprint density at radius 2 is 1.86 bits per heavy atom. The van der Waals surface area contributed by atoms with Gasteiger partial charge in [-0.25, -0.2) is 4.79 Å². The van der Waals surface area contributed by atoms with E-state index < -0.39 is 23.9 Å². The number of aliphatic carboxylic acids is 1. The lowest BCUT2D eigenvalue weighted by atomic mass is 10.0. The van der Waals surface area contributed by atoms with Crippen LogP contribution in [0.2, 0.25) is 0 Å². The number of carbonyl (C=O) groups is 4. The van der Waals surface area contributed by atoms with Crippen LogP contribution in [0.15, 0.2) is 23.5 Å².